The van der Waals surface area contributed by atoms with Crippen molar-refractivity contribution >= 4 is 34.7 Å². The molecule has 7 nitrogen and oxygen atoms in total. The van der Waals surface area contributed by atoms with E-state index in [0.29, 0.717) is 11.8 Å². The maximum atomic E-state index is 8.41. The topological polar surface area (TPSA) is 108 Å². The Morgan fingerprint density at radius 1 is 0.906 bits per heavy atom. The van der Waals surface area contributed by atoms with Gasteiger partial charge < -0.3 is 21.3 Å². The maximum absolute atomic E-state index is 8.41. The third-order valence-corrected chi connectivity index (χ3v) is 5.20. The fourth-order valence-electron chi connectivity index (χ4n) is 3.26. The van der Waals surface area contributed by atoms with E-state index in [1.807, 2.05) is 63.2 Å². The van der Waals surface area contributed by atoms with E-state index in [0.717, 1.165) is 41.3 Å². The van der Waals surface area contributed by atoms with Crippen molar-refractivity contribution in [2.45, 2.75) is 47.0 Å². The predicted octanol–water partition coefficient (Wildman–Crippen LogP) is 5.04. The molecule has 0 spiro atoms. The highest BCUT2D eigenvalue weighted by Gasteiger charge is 2.21. The van der Waals surface area contributed by atoms with Gasteiger partial charge in [-0.3, -0.25) is 10.8 Å². The number of benzene rings is 2. The molecular formula is C25H35N7. The van der Waals surface area contributed by atoms with E-state index >= 15 is 0 Å². The maximum Gasteiger partial charge on any atom is 0.198 e. The Kier molecular flexibility index (Phi) is 6.57. The van der Waals surface area contributed by atoms with Crippen molar-refractivity contribution in [2.75, 3.05) is 23.7 Å². The van der Waals surface area contributed by atoms with Crippen LogP contribution in [0.3, 0.4) is 0 Å². The average Bonchev–Trinajstić information content (AvgIpc) is 3.20. The molecule has 2 aromatic carbocycles. The van der Waals surface area contributed by atoms with Crippen molar-refractivity contribution in [3.63, 3.8) is 0 Å². The first-order chi connectivity index (χ1) is 14.9. The van der Waals surface area contributed by atoms with Crippen LogP contribution in [0.25, 0.3) is 0 Å². The molecule has 0 atom stereocenters. The van der Waals surface area contributed by atoms with Crippen molar-refractivity contribution in [3.05, 3.63) is 53.6 Å². The number of amidine groups is 2. The summed E-state index contributed by atoms with van der Waals surface area (Å²) in [6, 6.07) is 13.9. The molecule has 1 aliphatic heterocycles. The van der Waals surface area contributed by atoms with Crippen LogP contribution in [-0.2, 0) is 5.41 Å². The highest BCUT2D eigenvalue weighted by Crippen LogP contribution is 2.33. The van der Waals surface area contributed by atoms with Crippen molar-refractivity contribution < 1.29 is 0 Å². The van der Waals surface area contributed by atoms with E-state index in [9.17, 15) is 0 Å². The van der Waals surface area contributed by atoms with Gasteiger partial charge >= 0.3 is 0 Å². The number of hydrogen-bond donors (Lipinski definition) is 6. The first-order valence-electron chi connectivity index (χ1n) is 11.0. The quantitative estimate of drug-likeness (QED) is 0.300. The second kappa shape index (κ2) is 9.02. The molecule has 170 valence electrons. The van der Waals surface area contributed by atoms with Crippen molar-refractivity contribution in [3.8, 4) is 0 Å². The van der Waals surface area contributed by atoms with Gasteiger partial charge in [0.1, 0.15) is 5.84 Å². The van der Waals surface area contributed by atoms with E-state index in [4.69, 9.17) is 10.8 Å². The summed E-state index contributed by atoms with van der Waals surface area (Å²) in [6.45, 7) is 14.2. The van der Waals surface area contributed by atoms with Crippen LogP contribution in [0.1, 0.15) is 52.7 Å². The van der Waals surface area contributed by atoms with Gasteiger partial charge in [0.25, 0.3) is 0 Å². The molecule has 1 aliphatic rings. The second-order valence-corrected chi connectivity index (χ2v) is 10.1. The minimum atomic E-state index is -0.240. The van der Waals surface area contributed by atoms with Crippen LogP contribution in [0, 0.1) is 16.2 Å². The Labute approximate surface area is 191 Å². The lowest BCUT2D eigenvalue weighted by atomic mass is 9.84. The Hall–Kier alpha value is -3.35. The third kappa shape index (κ3) is 5.87. The van der Waals surface area contributed by atoms with Crippen molar-refractivity contribution in [1.29, 1.82) is 10.8 Å². The standard InChI is InChI=1S/C25H35N7/c1-24(2,3)19-14-16(21(26)32-23-28-12-13-29-23)10-11-20(19)30-17-8-7-9-18(15-17)31-22(27)25(4,5)6/h7-11,14-15,30H,12-13H2,1-6H3,(H2,27,31)(H3,26,28,29,32). The van der Waals surface area contributed by atoms with Gasteiger partial charge in [0, 0.05) is 41.1 Å². The Morgan fingerprint density at radius 3 is 2.19 bits per heavy atom. The molecule has 0 aliphatic carbocycles. The van der Waals surface area contributed by atoms with E-state index in [2.05, 4.69) is 47.0 Å². The summed E-state index contributed by atoms with van der Waals surface area (Å²) in [7, 11) is 0. The van der Waals surface area contributed by atoms with Crippen LogP contribution in [0.2, 0.25) is 0 Å². The summed E-state index contributed by atoms with van der Waals surface area (Å²) in [5.74, 6) is 1.35. The van der Waals surface area contributed by atoms with Crippen LogP contribution >= 0.6 is 0 Å². The van der Waals surface area contributed by atoms with Crippen molar-refractivity contribution in [1.82, 2.24) is 10.6 Å². The van der Waals surface area contributed by atoms with Gasteiger partial charge in [-0.1, -0.05) is 47.6 Å². The summed E-state index contributed by atoms with van der Waals surface area (Å²) in [6.07, 6.45) is 0. The lowest BCUT2D eigenvalue weighted by Gasteiger charge is -2.25. The Balaban J connectivity index is 1.86. The van der Waals surface area contributed by atoms with E-state index in [1.54, 1.807) is 0 Å². The first kappa shape index (κ1) is 23.3. The number of nitrogens with zero attached hydrogens (tertiary/aromatic N) is 1. The number of rotatable bonds is 4. The van der Waals surface area contributed by atoms with E-state index < -0.39 is 0 Å². The van der Waals surface area contributed by atoms with Gasteiger partial charge in [0.05, 0.1) is 0 Å². The Morgan fingerprint density at radius 2 is 1.56 bits per heavy atom. The molecule has 0 unspecified atom stereocenters. The third-order valence-electron chi connectivity index (χ3n) is 5.20. The zero-order valence-corrected chi connectivity index (χ0v) is 19.9. The molecule has 1 saturated heterocycles. The summed E-state index contributed by atoms with van der Waals surface area (Å²) < 4.78 is 0. The largest absolute Gasteiger partial charge is 0.355 e. The van der Waals surface area contributed by atoms with Gasteiger partial charge in [-0.25, -0.2) is 0 Å². The lowest BCUT2D eigenvalue weighted by molar-refractivity contribution is 0.586. The van der Waals surface area contributed by atoms with Gasteiger partial charge in [0.15, 0.2) is 11.8 Å². The monoisotopic (exact) mass is 433 g/mol. The summed E-state index contributed by atoms with van der Waals surface area (Å²) in [5, 5.41) is 29.7. The number of hydrogen-bond acceptors (Lipinski definition) is 3. The molecule has 6 N–H and O–H groups in total. The van der Waals surface area contributed by atoms with Gasteiger partial charge in [-0.15, -0.1) is 0 Å². The van der Waals surface area contributed by atoms with Crippen LogP contribution in [0.4, 0.5) is 17.1 Å². The SMILES string of the molecule is CC(C)(C)C(=N)Nc1cccc(Nc2ccc(C(=N)N=C3NCCN3)cc2C(C)(C)C)c1. The van der Waals surface area contributed by atoms with Crippen LogP contribution in [0.15, 0.2) is 47.5 Å². The van der Waals surface area contributed by atoms with Crippen molar-refractivity contribution in [2.24, 2.45) is 10.4 Å². The van der Waals surface area contributed by atoms with Crippen LogP contribution < -0.4 is 21.3 Å². The number of nitrogens with one attached hydrogen (secondary N) is 6. The summed E-state index contributed by atoms with van der Waals surface area (Å²) >= 11 is 0. The minimum Gasteiger partial charge on any atom is -0.355 e. The molecule has 0 aromatic heterocycles. The molecule has 32 heavy (non-hydrogen) atoms. The van der Waals surface area contributed by atoms with E-state index in [-0.39, 0.29) is 16.7 Å². The van der Waals surface area contributed by atoms with Gasteiger partial charge in [-0.2, -0.15) is 4.99 Å². The smallest absolute Gasteiger partial charge is 0.198 e. The molecule has 0 saturated carbocycles. The zero-order valence-electron chi connectivity index (χ0n) is 19.9. The second-order valence-electron chi connectivity index (χ2n) is 10.1. The predicted molar refractivity (Wildman–Crippen MR) is 136 cm³/mol. The summed E-state index contributed by atoms with van der Waals surface area (Å²) in [4.78, 5) is 4.37. The molecule has 0 amide bonds. The van der Waals surface area contributed by atoms with Gasteiger partial charge in [0.2, 0.25) is 0 Å². The first-order valence-corrected chi connectivity index (χ1v) is 11.0. The molecule has 0 bridgehead atoms. The highest BCUT2D eigenvalue weighted by atomic mass is 15.2. The molecule has 7 heteroatoms. The highest BCUT2D eigenvalue weighted by molar-refractivity contribution is 6.05. The summed E-state index contributed by atoms with van der Waals surface area (Å²) in [5.41, 5.74) is 4.31. The number of guanidine groups is 1. The molecular weight excluding hydrogens is 398 g/mol. The fraction of sp³-hybridized carbons (Fsp3) is 0.400. The van der Waals surface area contributed by atoms with Crippen LogP contribution in [0.5, 0.6) is 0 Å². The normalized spacial score (nSPS) is 13.8. The molecule has 2 aromatic rings. The molecule has 1 heterocycles. The van der Waals surface area contributed by atoms with Gasteiger partial charge in [-0.05, 0) is 47.4 Å². The number of aliphatic imine (C=N–C) groups is 1. The fourth-order valence-corrected chi connectivity index (χ4v) is 3.26. The minimum absolute atomic E-state index is 0.125. The average molecular weight is 434 g/mol. The number of anilines is 3. The Bertz CT molecular complexity index is 1030. The molecule has 3 rings (SSSR count). The van der Waals surface area contributed by atoms with E-state index in [1.165, 1.54) is 0 Å². The lowest BCUT2D eigenvalue weighted by Crippen LogP contribution is -2.26. The molecule has 0 radical (unpaired) electrons. The molecule has 1 fully saturated rings. The zero-order chi connectivity index (χ0) is 23.5. The van der Waals surface area contributed by atoms with Crippen LogP contribution in [-0.4, -0.2) is 30.7 Å².